The number of benzene rings is 2. The molecule has 0 aliphatic carbocycles. The van der Waals surface area contributed by atoms with Crippen LogP contribution in [0.1, 0.15) is 5.56 Å². The molecule has 122 valence electrons. The molecule has 5 nitrogen and oxygen atoms in total. The Morgan fingerprint density at radius 2 is 1.87 bits per heavy atom. The molecule has 0 spiro atoms. The van der Waals surface area contributed by atoms with Crippen LogP contribution < -0.4 is 15.4 Å². The SMILES string of the molecule is COCCOc1cccc(NC(=O)CNCc2ccccc2)c1. The van der Waals surface area contributed by atoms with Gasteiger partial charge in [-0.3, -0.25) is 4.79 Å². The number of rotatable bonds is 9. The number of carbonyl (C=O) groups excluding carboxylic acids is 1. The summed E-state index contributed by atoms with van der Waals surface area (Å²) < 4.78 is 10.5. The molecule has 0 unspecified atom stereocenters. The third-order valence-electron chi connectivity index (χ3n) is 3.13. The Morgan fingerprint density at radius 1 is 1.04 bits per heavy atom. The number of anilines is 1. The molecule has 0 aromatic heterocycles. The minimum Gasteiger partial charge on any atom is -0.491 e. The van der Waals surface area contributed by atoms with E-state index in [4.69, 9.17) is 9.47 Å². The summed E-state index contributed by atoms with van der Waals surface area (Å²) in [5, 5.41) is 5.96. The first kappa shape index (κ1) is 17.0. The fourth-order valence-electron chi connectivity index (χ4n) is 2.03. The van der Waals surface area contributed by atoms with Crippen molar-refractivity contribution in [3.8, 4) is 5.75 Å². The minimum absolute atomic E-state index is 0.0880. The van der Waals surface area contributed by atoms with Crippen LogP contribution in [0.2, 0.25) is 0 Å². The Kier molecular flexibility index (Phi) is 7.10. The molecular formula is C18H22N2O3. The Morgan fingerprint density at radius 3 is 2.65 bits per heavy atom. The first-order valence-electron chi connectivity index (χ1n) is 7.54. The molecule has 2 aromatic carbocycles. The maximum atomic E-state index is 11.9. The molecule has 2 aromatic rings. The van der Waals surface area contributed by atoms with Gasteiger partial charge in [-0.25, -0.2) is 0 Å². The van der Waals surface area contributed by atoms with E-state index in [1.54, 1.807) is 13.2 Å². The summed E-state index contributed by atoms with van der Waals surface area (Å²) in [6.45, 7) is 1.92. The molecule has 1 amide bonds. The zero-order valence-corrected chi connectivity index (χ0v) is 13.2. The fraction of sp³-hybridized carbons (Fsp3) is 0.278. The lowest BCUT2D eigenvalue weighted by molar-refractivity contribution is -0.115. The first-order valence-corrected chi connectivity index (χ1v) is 7.54. The van der Waals surface area contributed by atoms with Gasteiger partial charge in [0.05, 0.1) is 13.2 Å². The Labute approximate surface area is 136 Å². The van der Waals surface area contributed by atoms with Gasteiger partial charge in [0.2, 0.25) is 5.91 Å². The third-order valence-corrected chi connectivity index (χ3v) is 3.13. The van der Waals surface area contributed by atoms with Crippen molar-refractivity contribution in [1.82, 2.24) is 5.32 Å². The second-order valence-electron chi connectivity index (χ2n) is 5.01. The van der Waals surface area contributed by atoms with E-state index in [-0.39, 0.29) is 12.5 Å². The number of ether oxygens (including phenoxy) is 2. The summed E-state index contributed by atoms with van der Waals surface area (Å²) in [6, 6.07) is 17.3. The van der Waals surface area contributed by atoms with Crippen LogP contribution in [0.25, 0.3) is 0 Å². The highest BCUT2D eigenvalue weighted by Gasteiger charge is 2.03. The summed E-state index contributed by atoms with van der Waals surface area (Å²) in [4.78, 5) is 11.9. The molecule has 0 atom stereocenters. The second-order valence-corrected chi connectivity index (χ2v) is 5.01. The van der Waals surface area contributed by atoms with Crippen molar-refractivity contribution >= 4 is 11.6 Å². The van der Waals surface area contributed by atoms with E-state index in [0.29, 0.717) is 31.2 Å². The van der Waals surface area contributed by atoms with E-state index in [1.807, 2.05) is 48.5 Å². The molecule has 0 bridgehead atoms. The number of amides is 1. The fourth-order valence-corrected chi connectivity index (χ4v) is 2.03. The molecule has 5 heteroatoms. The van der Waals surface area contributed by atoms with Crippen molar-refractivity contribution < 1.29 is 14.3 Å². The van der Waals surface area contributed by atoms with Gasteiger partial charge < -0.3 is 20.1 Å². The van der Waals surface area contributed by atoms with Crippen molar-refractivity contribution in [2.75, 3.05) is 32.2 Å². The van der Waals surface area contributed by atoms with Gasteiger partial charge in [-0.2, -0.15) is 0 Å². The summed E-state index contributed by atoms with van der Waals surface area (Å²) >= 11 is 0. The van der Waals surface area contributed by atoms with Gasteiger partial charge in [0.1, 0.15) is 12.4 Å². The highest BCUT2D eigenvalue weighted by atomic mass is 16.5. The molecule has 0 fully saturated rings. The average Bonchev–Trinajstić information content (AvgIpc) is 2.56. The molecule has 0 saturated heterocycles. The molecule has 23 heavy (non-hydrogen) atoms. The van der Waals surface area contributed by atoms with E-state index >= 15 is 0 Å². The molecule has 0 saturated carbocycles. The lowest BCUT2D eigenvalue weighted by Gasteiger charge is -2.09. The molecular weight excluding hydrogens is 292 g/mol. The van der Waals surface area contributed by atoms with Crippen LogP contribution in [0, 0.1) is 0 Å². The topological polar surface area (TPSA) is 59.6 Å². The summed E-state index contributed by atoms with van der Waals surface area (Å²) in [5.74, 6) is 0.618. The lowest BCUT2D eigenvalue weighted by Crippen LogP contribution is -2.27. The number of hydrogen-bond donors (Lipinski definition) is 2. The average molecular weight is 314 g/mol. The standard InChI is InChI=1S/C18H22N2O3/c1-22-10-11-23-17-9-5-8-16(12-17)20-18(21)14-19-13-15-6-3-2-4-7-15/h2-9,12,19H,10-11,13-14H2,1H3,(H,20,21). The van der Waals surface area contributed by atoms with Gasteiger partial charge in [-0.05, 0) is 17.7 Å². The van der Waals surface area contributed by atoms with E-state index in [1.165, 1.54) is 0 Å². The van der Waals surface area contributed by atoms with Crippen LogP contribution in [0.4, 0.5) is 5.69 Å². The van der Waals surface area contributed by atoms with Gasteiger partial charge in [-0.15, -0.1) is 0 Å². The van der Waals surface area contributed by atoms with E-state index in [2.05, 4.69) is 10.6 Å². The summed E-state index contributed by atoms with van der Waals surface area (Å²) in [6.07, 6.45) is 0. The van der Waals surface area contributed by atoms with Gasteiger partial charge >= 0.3 is 0 Å². The first-order chi connectivity index (χ1) is 11.3. The largest absolute Gasteiger partial charge is 0.491 e. The van der Waals surface area contributed by atoms with Crippen LogP contribution in [-0.4, -0.2) is 32.8 Å². The van der Waals surface area contributed by atoms with Gasteiger partial charge in [0.15, 0.2) is 0 Å². The Hall–Kier alpha value is -2.37. The minimum atomic E-state index is -0.0880. The van der Waals surface area contributed by atoms with Crippen LogP contribution in [-0.2, 0) is 16.1 Å². The smallest absolute Gasteiger partial charge is 0.238 e. The number of carbonyl (C=O) groups is 1. The second kappa shape index (κ2) is 9.61. The van der Waals surface area contributed by atoms with Gasteiger partial charge in [-0.1, -0.05) is 36.4 Å². The Balaban J connectivity index is 1.75. The van der Waals surface area contributed by atoms with Crippen molar-refractivity contribution in [2.45, 2.75) is 6.54 Å². The van der Waals surface area contributed by atoms with Crippen molar-refractivity contribution in [3.63, 3.8) is 0 Å². The van der Waals surface area contributed by atoms with Crippen LogP contribution in [0.15, 0.2) is 54.6 Å². The molecule has 2 rings (SSSR count). The monoisotopic (exact) mass is 314 g/mol. The van der Waals surface area contributed by atoms with E-state index in [9.17, 15) is 4.79 Å². The van der Waals surface area contributed by atoms with Gasteiger partial charge in [0.25, 0.3) is 0 Å². The zero-order chi connectivity index (χ0) is 16.3. The number of methoxy groups -OCH3 is 1. The predicted molar refractivity (Wildman–Crippen MR) is 90.6 cm³/mol. The highest BCUT2D eigenvalue weighted by Crippen LogP contribution is 2.17. The maximum Gasteiger partial charge on any atom is 0.238 e. The number of hydrogen-bond acceptors (Lipinski definition) is 4. The normalized spacial score (nSPS) is 10.3. The number of nitrogens with one attached hydrogen (secondary N) is 2. The molecule has 0 heterocycles. The molecule has 0 radical (unpaired) electrons. The van der Waals surface area contributed by atoms with E-state index < -0.39 is 0 Å². The maximum absolute atomic E-state index is 11.9. The third kappa shape index (κ3) is 6.50. The van der Waals surface area contributed by atoms with Crippen LogP contribution in [0.5, 0.6) is 5.75 Å². The van der Waals surface area contributed by atoms with Crippen molar-refractivity contribution in [2.24, 2.45) is 0 Å². The van der Waals surface area contributed by atoms with Crippen LogP contribution in [0.3, 0.4) is 0 Å². The highest BCUT2D eigenvalue weighted by molar-refractivity contribution is 5.92. The molecule has 0 aliphatic heterocycles. The van der Waals surface area contributed by atoms with E-state index in [0.717, 1.165) is 5.56 Å². The molecule has 0 aliphatic rings. The molecule has 2 N–H and O–H groups in total. The quantitative estimate of drug-likeness (QED) is 0.698. The predicted octanol–water partition coefficient (Wildman–Crippen LogP) is 2.44. The zero-order valence-electron chi connectivity index (χ0n) is 13.2. The van der Waals surface area contributed by atoms with Crippen molar-refractivity contribution in [3.05, 3.63) is 60.2 Å². The Bertz CT molecular complexity index is 602. The summed E-state index contributed by atoms with van der Waals surface area (Å²) in [5.41, 5.74) is 1.86. The van der Waals surface area contributed by atoms with Crippen molar-refractivity contribution in [1.29, 1.82) is 0 Å². The van der Waals surface area contributed by atoms with Crippen LogP contribution >= 0.6 is 0 Å². The lowest BCUT2D eigenvalue weighted by atomic mass is 10.2. The summed E-state index contributed by atoms with van der Waals surface area (Å²) in [7, 11) is 1.63. The van der Waals surface area contributed by atoms with Gasteiger partial charge in [0, 0.05) is 25.4 Å².